The van der Waals surface area contributed by atoms with Crippen LogP contribution in [0.2, 0.25) is 0 Å². The molecule has 0 fully saturated rings. The maximum atomic E-state index is 12.0. The molecule has 0 aliphatic carbocycles. The van der Waals surface area contributed by atoms with Gasteiger partial charge in [0.2, 0.25) is 5.43 Å². The van der Waals surface area contributed by atoms with Crippen LogP contribution in [0.4, 0.5) is 0 Å². The van der Waals surface area contributed by atoms with Gasteiger partial charge in [0, 0.05) is 6.20 Å². The topological polar surface area (TPSA) is 86.4 Å². The highest BCUT2D eigenvalue weighted by molar-refractivity contribution is 5.97. The van der Waals surface area contributed by atoms with Gasteiger partial charge in [-0.15, -0.1) is 0 Å². The molecule has 1 amide bonds. The van der Waals surface area contributed by atoms with E-state index in [2.05, 4.69) is 5.43 Å². The molecule has 3 rings (SSSR count). The van der Waals surface area contributed by atoms with Crippen molar-refractivity contribution >= 4 is 16.8 Å². The van der Waals surface area contributed by atoms with E-state index < -0.39 is 5.91 Å². The van der Waals surface area contributed by atoms with Gasteiger partial charge in [0.15, 0.2) is 6.73 Å². The van der Waals surface area contributed by atoms with Crippen molar-refractivity contribution in [3.05, 3.63) is 40.2 Å². The summed E-state index contributed by atoms with van der Waals surface area (Å²) in [6.45, 7) is 0.271. The molecule has 17 heavy (non-hydrogen) atoms. The molecule has 1 aliphatic heterocycles. The van der Waals surface area contributed by atoms with E-state index in [0.717, 1.165) is 0 Å². The molecule has 1 aliphatic rings. The van der Waals surface area contributed by atoms with Crippen LogP contribution in [0.1, 0.15) is 10.4 Å². The highest BCUT2D eigenvalue weighted by Crippen LogP contribution is 2.25. The molecule has 0 saturated carbocycles. The summed E-state index contributed by atoms with van der Waals surface area (Å²) in [4.78, 5) is 23.2. The molecule has 6 nitrogen and oxygen atoms in total. The van der Waals surface area contributed by atoms with Gasteiger partial charge in [-0.1, -0.05) is 6.07 Å². The van der Waals surface area contributed by atoms with E-state index >= 15 is 0 Å². The second kappa shape index (κ2) is 3.24. The predicted octanol–water partition coefficient (Wildman–Crippen LogP) is -0.00620. The van der Waals surface area contributed by atoms with Crippen molar-refractivity contribution in [1.82, 2.24) is 4.68 Å². The van der Waals surface area contributed by atoms with Gasteiger partial charge in [0.1, 0.15) is 16.8 Å². The zero-order valence-corrected chi connectivity index (χ0v) is 8.77. The number of para-hydroxylation sites is 1. The van der Waals surface area contributed by atoms with Gasteiger partial charge in [-0.25, -0.2) is 0 Å². The summed E-state index contributed by atoms with van der Waals surface area (Å²) >= 11 is 0. The van der Waals surface area contributed by atoms with E-state index in [1.807, 2.05) is 0 Å². The fraction of sp³-hybridized carbons (Fsp3) is 0.0909. The van der Waals surface area contributed by atoms with Crippen molar-refractivity contribution < 1.29 is 9.53 Å². The molecule has 1 aromatic carbocycles. The Hall–Kier alpha value is -2.50. The lowest BCUT2D eigenvalue weighted by molar-refractivity contribution is 0.0998. The Labute approximate surface area is 95.6 Å². The molecule has 0 radical (unpaired) electrons. The third-order valence-electron chi connectivity index (χ3n) is 2.72. The number of nitrogens with two attached hydrogens (primary N) is 1. The summed E-state index contributed by atoms with van der Waals surface area (Å²) in [5, 5.41) is 0.408. The van der Waals surface area contributed by atoms with Gasteiger partial charge in [-0.3, -0.25) is 19.7 Å². The first-order valence-corrected chi connectivity index (χ1v) is 5.03. The number of aromatic nitrogens is 1. The van der Waals surface area contributed by atoms with Crippen molar-refractivity contribution in [2.75, 3.05) is 12.2 Å². The quantitative estimate of drug-likeness (QED) is 0.723. The van der Waals surface area contributed by atoms with E-state index in [-0.39, 0.29) is 17.7 Å². The molecule has 2 aromatic rings. The third kappa shape index (κ3) is 1.27. The Balaban J connectivity index is 2.51. The summed E-state index contributed by atoms with van der Waals surface area (Å²) in [7, 11) is 0. The molecule has 6 heteroatoms. The number of nitrogens with zero attached hydrogens (tertiary/aromatic N) is 1. The second-order valence-corrected chi connectivity index (χ2v) is 3.71. The minimum absolute atomic E-state index is 0.0379. The Kier molecular flexibility index (Phi) is 1.85. The van der Waals surface area contributed by atoms with Crippen molar-refractivity contribution in [1.29, 1.82) is 0 Å². The summed E-state index contributed by atoms with van der Waals surface area (Å²) in [5.74, 6) is -0.131. The highest BCUT2D eigenvalue weighted by Gasteiger charge is 2.18. The summed E-state index contributed by atoms with van der Waals surface area (Å²) < 4.78 is 6.96. The number of carbonyl (C=O) groups excluding carboxylic acids is 1. The number of amides is 1. The van der Waals surface area contributed by atoms with Gasteiger partial charge in [-0.05, 0) is 12.1 Å². The standard InChI is InChI=1S/C11H9N3O3/c12-11(16)7-4-14-9-6(10(7)15)2-1-3-8(9)17-5-13-14/h1-4,13H,5H2,(H2,12,16). The monoisotopic (exact) mass is 231 g/mol. The number of hydrogen-bond acceptors (Lipinski definition) is 4. The number of nitrogens with one attached hydrogen (secondary N) is 1. The molecule has 2 heterocycles. The van der Waals surface area contributed by atoms with Crippen molar-refractivity contribution in [3.63, 3.8) is 0 Å². The molecule has 3 N–H and O–H groups in total. The number of primary amides is 1. The maximum Gasteiger partial charge on any atom is 0.254 e. The lowest BCUT2D eigenvalue weighted by Gasteiger charge is -2.22. The maximum absolute atomic E-state index is 12.0. The molecule has 0 unspecified atom stereocenters. The fourth-order valence-electron chi connectivity index (χ4n) is 1.95. The lowest BCUT2D eigenvalue weighted by Crippen LogP contribution is -2.31. The van der Waals surface area contributed by atoms with Crippen LogP contribution in [0.5, 0.6) is 5.75 Å². The first kappa shape index (κ1) is 9.71. The zero-order chi connectivity index (χ0) is 12.0. The van der Waals surface area contributed by atoms with Gasteiger partial charge in [0.05, 0.1) is 5.39 Å². The Morgan fingerprint density at radius 2 is 2.29 bits per heavy atom. The number of carbonyl (C=O) groups is 1. The minimum Gasteiger partial charge on any atom is -0.470 e. The van der Waals surface area contributed by atoms with Gasteiger partial charge in [-0.2, -0.15) is 0 Å². The average Bonchev–Trinajstić information content (AvgIpc) is 2.33. The van der Waals surface area contributed by atoms with E-state index in [1.165, 1.54) is 6.20 Å². The highest BCUT2D eigenvalue weighted by atomic mass is 16.5. The molecule has 86 valence electrons. The van der Waals surface area contributed by atoms with Crippen molar-refractivity contribution in [3.8, 4) is 5.75 Å². The number of rotatable bonds is 1. The van der Waals surface area contributed by atoms with Crippen LogP contribution < -0.4 is 21.3 Å². The zero-order valence-electron chi connectivity index (χ0n) is 8.77. The fourth-order valence-corrected chi connectivity index (χ4v) is 1.95. The Morgan fingerprint density at radius 1 is 1.47 bits per heavy atom. The molecular formula is C11H9N3O3. The molecular weight excluding hydrogens is 222 g/mol. The Bertz CT molecular complexity index is 690. The van der Waals surface area contributed by atoms with Crippen LogP contribution in [-0.2, 0) is 0 Å². The number of pyridine rings is 1. The first-order chi connectivity index (χ1) is 8.18. The number of benzene rings is 1. The van der Waals surface area contributed by atoms with Crippen LogP contribution in [-0.4, -0.2) is 17.3 Å². The Morgan fingerprint density at radius 3 is 3.06 bits per heavy atom. The summed E-state index contributed by atoms with van der Waals surface area (Å²) in [6.07, 6.45) is 1.40. The third-order valence-corrected chi connectivity index (χ3v) is 2.72. The van der Waals surface area contributed by atoms with Crippen LogP contribution in [0.3, 0.4) is 0 Å². The normalized spacial score (nSPS) is 12.9. The average molecular weight is 231 g/mol. The lowest BCUT2D eigenvalue weighted by atomic mass is 10.1. The molecule has 0 atom stereocenters. The van der Waals surface area contributed by atoms with Gasteiger partial charge < -0.3 is 10.5 Å². The van der Waals surface area contributed by atoms with E-state index in [4.69, 9.17) is 10.5 Å². The van der Waals surface area contributed by atoms with Crippen LogP contribution >= 0.6 is 0 Å². The SMILES string of the molecule is NC(=O)c1cn2c3c(cccc3c1=O)OCN2. The molecule has 0 saturated heterocycles. The smallest absolute Gasteiger partial charge is 0.254 e. The molecule has 0 spiro atoms. The summed E-state index contributed by atoms with van der Waals surface area (Å²) in [6, 6.07) is 5.11. The largest absolute Gasteiger partial charge is 0.470 e. The van der Waals surface area contributed by atoms with E-state index in [0.29, 0.717) is 16.7 Å². The van der Waals surface area contributed by atoms with Crippen molar-refractivity contribution in [2.45, 2.75) is 0 Å². The predicted molar refractivity (Wildman–Crippen MR) is 61.6 cm³/mol. The second-order valence-electron chi connectivity index (χ2n) is 3.71. The van der Waals surface area contributed by atoms with Crippen LogP contribution in [0.25, 0.3) is 10.9 Å². The minimum atomic E-state index is -0.737. The first-order valence-electron chi connectivity index (χ1n) is 5.03. The van der Waals surface area contributed by atoms with Crippen LogP contribution in [0.15, 0.2) is 29.2 Å². The number of ether oxygens (including phenoxy) is 1. The van der Waals surface area contributed by atoms with Gasteiger partial charge >= 0.3 is 0 Å². The molecule has 0 bridgehead atoms. The summed E-state index contributed by atoms with van der Waals surface area (Å²) in [5.41, 5.74) is 8.28. The van der Waals surface area contributed by atoms with Crippen LogP contribution in [0, 0.1) is 0 Å². The molecule has 1 aromatic heterocycles. The van der Waals surface area contributed by atoms with Crippen molar-refractivity contribution in [2.24, 2.45) is 5.73 Å². The number of hydrogen-bond donors (Lipinski definition) is 2. The van der Waals surface area contributed by atoms with E-state index in [1.54, 1.807) is 22.9 Å². The van der Waals surface area contributed by atoms with E-state index in [9.17, 15) is 9.59 Å². The van der Waals surface area contributed by atoms with Gasteiger partial charge in [0.25, 0.3) is 5.91 Å².